The third-order valence-corrected chi connectivity index (χ3v) is 2.11. The summed E-state index contributed by atoms with van der Waals surface area (Å²) in [7, 11) is 0. The fourth-order valence-corrected chi connectivity index (χ4v) is 1.39. The van der Waals surface area contributed by atoms with Gasteiger partial charge in [0.25, 0.3) is 0 Å². The molecule has 0 spiro atoms. The molecule has 0 amide bonds. The van der Waals surface area contributed by atoms with E-state index < -0.39 is 0 Å². The van der Waals surface area contributed by atoms with Crippen molar-refractivity contribution in [3.63, 3.8) is 0 Å². The first kappa shape index (κ1) is 8.25. The van der Waals surface area contributed by atoms with Gasteiger partial charge < -0.3 is 0 Å². The number of hydrogen-bond donors (Lipinski definition) is 0. The van der Waals surface area contributed by atoms with Crippen molar-refractivity contribution in [3.05, 3.63) is 37.1 Å². The normalized spacial score (nSPS) is 10.2. The standard InChI is InChI=1S/C8H7N4S/c1-13-8-11-10-6-12(8)7-3-2-4-9-5-7/h2-6H,1H2. The van der Waals surface area contributed by atoms with E-state index in [-0.39, 0.29) is 0 Å². The van der Waals surface area contributed by atoms with E-state index in [9.17, 15) is 0 Å². The van der Waals surface area contributed by atoms with E-state index in [1.807, 2.05) is 16.7 Å². The number of pyridine rings is 1. The van der Waals surface area contributed by atoms with E-state index in [1.165, 1.54) is 11.8 Å². The summed E-state index contributed by atoms with van der Waals surface area (Å²) in [6, 6.07) is 3.81. The second kappa shape index (κ2) is 3.57. The molecule has 4 nitrogen and oxygen atoms in total. The molecule has 0 atom stereocenters. The van der Waals surface area contributed by atoms with Crippen LogP contribution in [-0.4, -0.2) is 19.7 Å². The minimum absolute atomic E-state index is 0.757. The fourth-order valence-electron chi connectivity index (χ4n) is 0.996. The van der Waals surface area contributed by atoms with Crippen LogP contribution in [0.5, 0.6) is 0 Å². The Balaban J connectivity index is 2.47. The molecule has 0 aromatic carbocycles. The first-order chi connectivity index (χ1) is 6.42. The second-order valence-corrected chi connectivity index (χ2v) is 2.99. The molecule has 0 aliphatic heterocycles. The average Bonchev–Trinajstić information content (AvgIpc) is 2.67. The van der Waals surface area contributed by atoms with Crippen molar-refractivity contribution in [1.82, 2.24) is 19.7 Å². The summed E-state index contributed by atoms with van der Waals surface area (Å²) >= 11 is 1.31. The maximum Gasteiger partial charge on any atom is 0.195 e. The monoisotopic (exact) mass is 191 g/mol. The summed E-state index contributed by atoms with van der Waals surface area (Å²) in [4.78, 5) is 4.01. The van der Waals surface area contributed by atoms with Crippen molar-refractivity contribution in [3.8, 4) is 5.69 Å². The molecule has 65 valence electrons. The predicted octanol–water partition coefficient (Wildman–Crippen LogP) is 1.55. The number of thioether (sulfide) groups is 1. The molecular weight excluding hydrogens is 184 g/mol. The Morgan fingerprint density at radius 1 is 1.46 bits per heavy atom. The maximum absolute atomic E-state index is 4.01. The quantitative estimate of drug-likeness (QED) is 0.675. The molecule has 2 heterocycles. The number of hydrogen-bond acceptors (Lipinski definition) is 4. The average molecular weight is 191 g/mol. The molecule has 0 aliphatic rings. The summed E-state index contributed by atoms with van der Waals surface area (Å²) in [6.45, 7) is 0. The van der Waals surface area contributed by atoms with Gasteiger partial charge in [0, 0.05) is 12.5 Å². The number of rotatable bonds is 2. The van der Waals surface area contributed by atoms with Crippen LogP contribution < -0.4 is 0 Å². The van der Waals surface area contributed by atoms with Gasteiger partial charge in [-0.05, 0) is 12.1 Å². The lowest BCUT2D eigenvalue weighted by atomic mass is 10.4. The molecule has 0 fully saturated rings. The highest BCUT2D eigenvalue weighted by Crippen LogP contribution is 2.16. The molecule has 1 radical (unpaired) electrons. The van der Waals surface area contributed by atoms with E-state index in [1.54, 1.807) is 18.7 Å². The van der Waals surface area contributed by atoms with E-state index in [0.717, 1.165) is 10.8 Å². The first-order valence-corrected chi connectivity index (χ1v) is 4.63. The molecule has 0 unspecified atom stereocenters. The smallest absolute Gasteiger partial charge is 0.195 e. The number of nitrogens with zero attached hydrogens (tertiary/aromatic N) is 4. The highest BCUT2D eigenvalue weighted by Gasteiger charge is 2.03. The van der Waals surface area contributed by atoms with Crippen molar-refractivity contribution in [1.29, 1.82) is 0 Å². The summed E-state index contributed by atoms with van der Waals surface area (Å²) in [6.07, 6.45) is 8.81. The molecule has 13 heavy (non-hydrogen) atoms. The molecule has 2 aromatic rings. The summed E-state index contributed by atoms with van der Waals surface area (Å²) < 4.78 is 1.84. The van der Waals surface area contributed by atoms with Crippen LogP contribution in [0.1, 0.15) is 0 Å². The lowest BCUT2D eigenvalue weighted by Gasteiger charge is -2.01. The van der Waals surface area contributed by atoms with Gasteiger partial charge in [0.05, 0.1) is 11.9 Å². The van der Waals surface area contributed by atoms with Gasteiger partial charge in [0.15, 0.2) is 5.16 Å². The molecule has 5 heteroatoms. The van der Waals surface area contributed by atoms with E-state index in [2.05, 4.69) is 21.4 Å². The Kier molecular flexibility index (Phi) is 2.27. The molecule has 0 bridgehead atoms. The van der Waals surface area contributed by atoms with Gasteiger partial charge in [-0.25, -0.2) is 0 Å². The molecule has 0 N–H and O–H groups in total. The van der Waals surface area contributed by atoms with Crippen molar-refractivity contribution in [2.45, 2.75) is 5.16 Å². The summed E-state index contributed by atoms with van der Waals surface area (Å²) in [5.41, 5.74) is 0.943. The van der Waals surface area contributed by atoms with Gasteiger partial charge >= 0.3 is 0 Å². The van der Waals surface area contributed by atoms with E-state index in [4.69, 9.17) is 0 Å². The highest BCUT2D eigenvalue weighted by molar-refractivity contribution is 8.00. The molecule has 0 saturated carbocycles. The zero-order valence-electron chi connectivity index (χ0n) is 6.79. The zero-order valence-corrected chi connectivity index (χ0v) is 7.61. The van der Waals surface area contributed by atoms with Gasteiger partial charge in [0.1, 0.15) is 6.33 Å². The Morgan fingerprint density at radius 3 is 3.08 bits per heavy atom. The Labute approximate surface area is 80.0 Å². The topological polar surface area (TPSA) is 43.6 Å². The number of aromatic nitrogens is 4. The third-order valence-electron chi connectivity index (χ3n) is 1.57. The van der Waals surface area contributed by atoms with Gasteiger partial charge in [-0.1, -0.05) is 11.8 Å². The minimum Gasteiger partial charge on any atom is -0.275 e. The fraction of sp³-hybridized carbons (Fsp3) is 0. The van der Waals surface area contributed by atoms with Gasteiger partial charge in [-0.2, -0.15) is 0 Å². The zero-order chi connectivity index (χ0) is 9.10. The Bertz CT molecular complexity index is 384. The van der Waals surface area contributed by atoms with Crippen LogP contribution in [0, 0.1) is 6.26 Å². The van der Waals surface area contributed by atoms with Crippen LogP contribution in [-0.2, 0) is 0 Å². The molecule has 2 rings (SSSR count). The highest BCUT2D eigenvalue weighted by atomic mass is 32.2. The van der Waals surface area contributed by atoms with Crippen LogP contribution in [0.25, 0.3) is 5.69 Å². The largest absolute Gasteiger partial charge is 0.275 e. The lowest BCUT2D eigenvalue weighted by Crippen LogP contribution is -1.93. The summed E-state index contributed by atoms with van der Waals surface area (Å²) in [5.74, 6) is 0. The molecule has 2 aromatic heterocycles. The third kappa shape index (κ3) is 1.55. The van der Waals surface area contributed by atoms with Crippen molar-refractivity contribution in [2.75, 3.05) is 0 Å². The van der Waals surface area contributed by atoms with Crippen molar-refractivity contribution in [2.24, 2.45) is 0 Å². The molecule has 0 saturated heterocycles. The minimum atomic E-state index is 0.757. The molecule has 0 aliphatic carbocycles. The van der Waals surface area contributed by atoms with Crippen LogP contribution in [0.15, 0.2) is 36.0 Å². The summed E-state index contributed by atoms with van der Waals surface area (Å²) in [5, 5.41) is 8.45. The lowest BCUT2D eigenvalue weighted by molar-refractivity contribution is 0.882. The second-order valence-electron chi connectivity index (χ2n) is 2.34. The van der Waals surface area contributed by atoms with Crippen molar-refractivity contribution < 1.29 is 0 Å². The van der Waals surface area contributed by atoms with Crippen LogP contribution >= 0.6 is 11.8 Å². The molecular formula is C8H7N4S. The van der Waals surface area contributed by atoms with Gasteiger partial charge in [-0.3, -0.25) is 9.55 Å². The van der Waals surface area contributed by atoms with Crippen LogP contribution in [0.2, 0.25) is 0 Å². The van der Waals surface area contributed by atoms with Crippen LogP contribution in [0.3, 0.4) is 0 Å². The maximum atomic E-state index is 4.01. The van der Waals surface area contributed by atoms with Gasteiger partial charge in [0.2, 0.25) is 0 Å². The Hall–Kier alpha value is -1.36. The van der Waals surface area contributed by atoms with E-state index in [0.29, 0.717) is 0 Å². The predicted molar refractivity (Wildman–Crippen MR) is 50.4 cm³/mol. The van der Waals surface area contributed by atoms with Gasteiger partial charge in [-0.15, -0.1) is 10.2 Å². The van der Waals surface area contributed by atoms with E-state index >= 15 is 0 Å². The SMILES string of the molecule is [CH2]Sc1nncn1-c1cccnc1. The van der Waals surface area contributed by atoms with Crippen LogP contribution in [0.4, 0.5) is 0 Å². The first-order valence-electron chi connectivity index (χ1n) is 3.64. The Morgan fingerprint density at radius 2 is 2.38 bits per heavy atom. The van der Waals surface area contributed by atoms with Crippen molar-refractivity contribution >= 4 is 11.8 Å².